The lowest BCUT2D eigenvalue weighted by Crippen LogP contribution is -2.21. The van der Waals surface area contributed by atoms with Crippen molar-refractivity contribution in [2.75, 3.05) is 19.8 Å². The highest BCUT2D eigenvalue weighted by molar-refractivity contribution is 5.95. The Labute approximate surface area is 151 Å². The van der Waals surface area contributed by atoms with Crippen molar-refractivity contribution in [1.82, 2.24) is 19.9 Å². The highest BCUT2D eigenvalue weighted by Gasteiger charge is 2.12. The Bertz CT molecular complexity index is 913. The molecule has 2 N–H and O–H groups in total. The second-order valence-electron chi connectivity index (χ2n) is 5.87. The predicted octanol–water partition coefficient (Wildman–Crippen LogP) is 2.40. The van der Waals surface area contributed by atoms with Gasteiger partial charge in [0.1, 0.15) is 6.61 Å². The van der Waals surface area contributed by atoms with Crippen LogP contribution < -0.4 is 10.5 Å². The first-order chi connectivity index (χ1) is 12.5. The van der Waals surface area contributed by atoms with E-state index in [1.807, 2.05) is 24.3 Å². The molecule has 0 saturated carbocycles. The zero-order valence-electron chi connectivity index (χ0n) is 14.6. The second kappa shape index (κ2) is 7.60. The molecule has 0 radical (unpaired) electrons. The maximum absolute atomic E-state index is 12.1. The molecular formula is C19H19N5O2. The Balaban J connectivity index is 1.85. The molecule has 0 saturated heterocycles. The molecule has 0 aliphatic carbocycles. The first-order valence-corrected chi connectivity index (χ1v) is 8.01. The van der Waals surface area contributed by atoms with E-state index in [2.05, 4.69) is 15.0 Å². The van der Waals surface area contributed by atoms with Gasteiger partial charge in [-0.2, -0.15) is 0 Å². The molecule has 0 atom stereocenters. The van der Waals surface area contributed by atoms with E-state index in [1.165, 1.54) is 4.90 Å². The summed E-state index contributed by atoms with van der Waals surface area (Å²) in [5, 5.41) is 0. The van der Waals surface area contributed by atoms with Gasteiger partial charge in [-0.25, -0.2) is 9.97 Å². The van der Waals surface area contributed by atoms with Gasteiger partial charge >= 0.3 is 0 Å². The first-order valence-electron chi connectivity index (χ1n) is 8.01. The van der Waals surface area contributed by atoms with E-state index in [9.17, 15) is 4.79 Å². The van der Waals surface area contributed by atoms with Crippen LogP contribution in [-0.2, 0) is 6.61 Å². The number of benzene rings is 1. The third-order valence-corrected chi connectivity index (χ3v) is 3.70. The number of nitrogens with two attached hydrogens (primary N) is 1. The van der Waals surface area contributed by atoms with Crippen LogP contribution in [0.5, 0.6) is 5.88 Å². The molecule has 7 heteroatoms. The zero-order valence-corrected chi connectivity index (χ0v) is 14.6. The van der Waals surface area contributed by atoms with Crippen molar-refractivity contribution in [3.05, 3.63) is 66.1 Å². The topological polar surface area (TPSA) is 94.2 Å². The molecule has 2 heterocycles. The fourth-order valence-electron chi connectivity index (χ4n) is 2.33. The number of nitrogens with zero attached hydrogens (tertiary/aromatic N) is 4. The minimum atomic E-state index is -0.0792. The van der Waals surface area contributed by atoms with Crippen LogP contribution in [-0.4, -0.2) is 39.9 Å². The summed E-state index contributed by atoms with van der Waals surface area (Å²) in [7, 11) is 3.42. The molecule has 0 aliphatic rings. The molecule has 0 unspecified atom stereocenters. The maximum Gasteiger partial charge on any atom is 0.258 e. The minimum Gasteiger partial charge on any atom is -0.470 e. The molecule has 0 aliphatic heterocycles. The summed E-state index contributed by atoms with van der Waals surface area (Å²) in [6, 6.07) is 10.9. The van der Waals surface area contributed by atoms with Crippen LogP contribution >= 0.6 is 0 Å². The van der Waals surface area contributed by atoms with Crippen molar-refractivity contribution in [2.24, 2.45) is 0 Å². The fraction of sp³-hybridized carbons (Fsp3) is 0.158. The van der Waals surface area contributed by atoms with Gasteiger partial charge in [0.05, 0.1) is 11.9 Å². The predicted molar refractivity (Wildman–Crippen MR) is 98.5 cm³/mol. The second-order valence-corrected chi connectivity index (χ2v) is 5.87. The van der Waals surface area contributed by atoms with Crippen molar-refractivity contribution in [2.45, 2.75) is 6.61 Å². The molecule has 0 bridgehead atoms. The van der Waals surface area contributed by atoms with Crippen LogP contribution in [0.1, 0.15) is 15.9 Å². The van der Waals surface area contributed by atoms with Gasteiger partial charge in [-0.05, 0) is 29.8 Å². The summed E-state index contributed by atoms with van der Waals surface area (Å²) in [4.78, 5) is 26.3. The summed E-state index contributed by atoms with van der Waals surface area (Å²) in [5.74, 6) is 0.386. The van der Waals surface area contributed by atoms with E-state index < -0.39 is 0 Å². The van der Waals surface area contributed by atoms with Gasteiger partial charge < -0.3 is 15.4 Å². The number of ether oxygens (including phenoxy) is 1. The Hall–Kier alpha value is -3.48. The lowest BCUT2D eigenvalue weighted by molar-refractivity contribution is 0.0827. The molecular weight excluding hydrogens is 330 g/mol. The summed E-state index contributed by atoms with van der Waals surface area (Å²) < 4.78 is 5.70. The molecule has 3 rings (SSSR count). The van der Waals surface area contributed by atoms with E-state index in [-0.39, 0.29) is 17.6 Å². The van der Waals surface area contributed by atoms with E-state index in [0.29, 0.717) is 17.9 Å². The van der Waals surface area contributed by atoms with Gasteiger partial charge in [-0.3, -0.25) is 9.78 Å². The Morgan fingerprint density at radius 3 is 2.69 bits per heavy atom. The number of pyridine rings is 1. The van der Waals surface area contributed by atoms with Crippen LogP contribution in [0, 0.1) is 0 Å². The monoisotopic (exact) mass is 349 g/mol. The van der Waals surface area contributed by atoms with E-state index >= 15 is 0 Å². The molecule has 26 heavy (non-hydrogen) atoms. The highest BCUT2D eigenvalue weighted by atomic mass is 16.5. The SMILES string of the molecule is CN(C)C(=O)c1cccc(-c2cnc(N)c(OCc3ccncc3)n2)c1. The molecule has 3 aromatic rings. The maximum atomic E-state index is 12.1. The number of nitrogen functional groups attached to an aromatic ring is 1. The van der Waals surface area contributed by atoms with Crippen LogP contribution in [0.25, 0.3) is 11.3 Å². The molecule has 132 valence electrons. The zero-order chi connectivity index (χ0) is 18.5. The highest BCUT2D eigenvalue weighted by Crippen LogP contribution is 2.24. The molecule has 0 fully saturated rings. The number of carbonyl (C=O) groups is 1. The lowest BCUT2D eigenvalue weighted by Gasteiger charge is -2.12. The number of anilines is 1. The molecule has 2 aromatic heterocycles. The smallest absolute Gasteiger partial charge is 0.258 e. The van der Waals surface area contributed by atoms with Crippen molar-refractivity contribution in [3.8, 4) is 17.1 Å². The quantitative estimate of drug-likeness (QED) is 0.760. The summed E-state index contributed by atoms with van der Waals surface area (Å²) >= 11 is 0. The van der Waals surface area contributed by atoms with Crippen LogP contribution in [0.15, 0.2) is 55.0 Å². The average molecular weight is 349 g/mol. The van der Waals surface area contributed by atoms with Crippen molar-refractivity contribution in [1.29, 1.82) is 0 Å². The largest absolute Gasteiger partial charge is 0.470 e. The normalized spacial score (nSPS) is 10.4. The van der Waals surface area contributed by atoms with Crippen molar-refractivity contribution < 1.29 is 9.53 Å². The van der Waals surface area contributed by atoms with Crippen LogP contribution in [0.2, 0.25) is 0 Å². The number of hydrogen-bond acceptors (Lipinski definition) is 6. The van der Waals surface area contributed by atoms with E-state index in [4.69, 9.17) is 10.5 Å². The third kappa shape index (κ3) is 3.94. The van der Waals surface area contributed by atoms with Gasteiger partial charge in [0.25, 0.3) is 11.8 Å². The number of amides is 1. The average Bonchev–Trinajstić information content (AvgIpc) is 2.67. The first kappa shape index (κ1) is 17.3. The number of carbonyl (C=O) groups excluding carboxylic acids is 1. The van der Waals surface area contributed by atoms with Crippen molar-refractivity contribution >= 4 is 11.7 Å². The van der Waals surface area contributed by atoms with Gasteiger partial charge in [0.15, 0.2) is 5.82 Å². The molecule has 1 amide bonds. The van der Waals surface area contributed by atoms with Crippen LogP contribution in [0.4, 0.5) is 5.82 Å². The molecule has 0 spiro atoms. The molecule has 7 nitrogen and oxygen atoms in total. The lowest BCUT2D eigenvalue weighted by atomic mass is 10.1. The summed E-state index contributed by atoms with van der Waals surface area (Å²) in [6.07, 6.45) is 4.95. The van der Waals surface area contributed by atoms with Crippen molar-refractivity contribution in [3.63, 3.8) is 0 Å². The van der Waals surface area contributed by atoms with Gasteiger partial charge in [-0.1, -0.05) is 12.1 Å². The number of hydrogen-bond donors (Lipinski definition) is 1. The fourth-order valence-corrected chi connectivity index (χ4v) is 2.33. The number of rotatable bonds is 5. The van der Waals surface area contributed by atoms with Crippen LogP contribution in [0.3, 0.4) is 0 Å². The minimum absolute atomic E-state index is 0.0792. The summed E-state index contributed by atoms with van der Waals surface area (Å²) in [6.45, 7) is 0.310. The standard InChI is InChI=1S/C19H19N5O2/c1-24(2)19(25)15-5-3-4-14(10-15)16-11-22-17(20)18(23-16)26-12-13-6-8-21-9-7-13/h3-11H,12H2,1-2H3,(H2,20,22). The number of aromatic nitrogens is 3. The summed E-state index contributed by atoms with van der Waals surface area (Å²) in [5.41, 5.74) is 8.75. The Morgan fingerprint density at radius 2 is 1.96 bits per heavy atom. The van der Waals surface area contributed by atoms with E-state index in [1.54, 1.807) is 44.8 Å². The molecule has 1 aromatic carbocycles. The van der Waals surface area contributed by atoms with E-state index in [0.717, 1.165) is 11.1 Å². The van der Waals surface area contributed by atoms with Gasteiger partial charge in [-0.15, -0.1) is 0 Å². The van der Waals surface area contributed by atoms with Gasteiger partial charge in [0.2, 0.25) is 0 Å². The Morgan fingerprint density at radius 1 is 1.19 bits per heavy atom. The third-order valence-electron chi connectivity index (χ3n) is 3.70. The Kier molecular flexibility index (Phi) is 5.07. The van der Waals surface area contributed by atoms with Gasteiger partial charge in [0, 0.05) is 37.6 Å².